The summed E-state index contributed by atoms with van der Waals surface area (Å²) in [7, 11) is 0. The van der Waals surface area contributed by atoms with Crippen LogP contribution in [0.5, 0.6) is 0 Å². The predicted octanol–water partition coefficient (Wildman–Crippen LogP) is -0.663. The molecule has 1 amide bonds. The van der Waals surface area contributed by atoms with Crippen molar-refractivity contribution in [3.63, 3.8) is 0 Å². The Labute approximate surface area is 88.6 Å². The fraction of sp³-hybridized carbons (Fsp3) is 0.667. The van der Waals surface area contributed by atoms with Crippen LogP contribution in [0.25, 0.3) is 0 Å². The third-order valence-corrected chi connectivity index (χ3v) is 2.21. The molecule has 15 heavy (non-hydrogen) atoms. The quantitative estimate of drug-likeness (QED) is 0.365. The predicted molar refractivity (Wildman–Crippen MR) is 58.8 cm³/mol. The molecule has 84 valence electrons. The lowest BCUT2D eigenvalue weighted by atomic mass is 10.1. The first kappa shape index (κ1) is 11.5. The van der Waals surface area contributed by atoms with Crippen molar-refractivity contribution in [1.29, 1.82) is 5.41 Å². The van der Waals surface area contributed by atoms with E-state index in [9.17, 15) is 4.79 Å². The molecule has 6 N–H and O–H groups in total. The smallest absolute Gasteiger partial charge is 0.245 e. The van der Waals surface area contributed by atoms with Gasteiger partial charge in [0.15, 0.2) is 0 Å². The molecular formula is C9H17N5O. The summed E-state index contributed by atoms with van der Waals surface area (Å²) in [6.07, 6.45) is 1.71. The number of nitrogens with two attached hydrogens (primary N) is 2. The average molecular weight is 211 g/mol. The maximum Gasteiger partial charge on any atom is 0.245 e. The van der Waals surface area contributed by atoms with Gasteiger partial charge in [-0.1, -0.05) is 0 Å². The van der Waals surface area contributed by atoms with Crippen molar-refractivity contribution in [3.8, 4) is 0 Å². The largest absolute Gasteiger partial charge is 0.388 e. The second-order valence-corrected chi connectivity index (χ2v) is 3.81. The van der Waals surface area contributed by atoms with E-state index in [4.69, 9.17) is 16.9 Å². The van der Waals surface area contributed by atoms with Crippen molar-refractivity contribution in [2.75, 3.05) is 0 Å². The fourth-order valence-electron chi connectivity index (χ4n) is 1.52. The molecule has 0 aromatic carbocycles. The number of nitrogens with zero attached hydrogens (tertiary/aromatic N) is 1. The van der Waals surface area contributed by atoms with Crippen LogP contribution >= 0.6 is 0 Å². The van der Waals surface area contributed by atoms with E-state index in [2.05, 4.69) is 10.3 Å². The van der Waals surface area contributed by atoms with Gasteiger partial charge in [0.25, 0.3) is 0 Å². The molecule has 2 atom stereocenters. The molecule has 0 fully saturated rings. The van der Waals surface area contributed by atoms with Crippen LogP contribution in [-0.2, 0) is 4.79 Å². The van der Waals surface area contributed by atoms with Crippen molar-refractivity contribution < 1.29 is 4.79 Å². The number of carbonyl (C=O) groups excluding carboxylic acids is 1. The Morgan fingerprint density at radius 3 is 2.93 bits per heavy atom. The molecular weight excluding hydrogens is 194 g/mol. The normalized spacial score (nSPS) is 21.9. The summed E-state index contributed by atoms with van der Waals surface area (Å²) in [6.45, 7) is 1.81. The topological polar surface area (TPSA) is 117 Å². The van der Waals surface area contributed by atoms with E-state index < -0.39 is 0 Å². The van der Waals surface area contributed by atoms with Gasteiger partial charge in [0, 0.05) is 18.9 Å². The third-order valence-electron chi connectivity index (χ3n) is 2.21. The molecule has 0 spiro atoms. The van der Waals surface area contributed by atoms with E-state index in [-0.39, 0.29) is 23.8 Å². The van der Waals surface area contributed by atoms with Gasteiger partial charge in [-0.3, -0.25) is 15.2 Å². The molecule has 0 saturated heterocycles. The first-order valence-corrected chi connectivity index (χ1v) is 4.94. The first-order valence-electron chi connectivity index (χ1n) is 4.94. The minimum absolute atomic E-state index is 0.0669. The van der Waals surface area contributed by atoms with E-state index >= 15 is 0 Å². The lowest BCUT2D eigenvalue weighted by Gasteiger charge is -2.14. The highest BCUT2D eigenvalue weighted by atomic mass is 16.2. The summed E-state index contributed by atoms with van der Waals surface area (Å²) >= 11 is 0. The second kappa shape index (κ2) is 4.77. The minimum atomic E-state index is -0.362. The van der Waals surface area contributed by atoms with Gasteiger partial charge < -0.3 is 16.8 Å². The van der Waals surface area contributed by atoms with Crippen LogP contribution < -0.4 is 16.8 Å². The Hall–Kier alpha value is -1.59. The van der Waals surface area contributed by atoms with E-state index in [1.807, 2.05) is 0 Å². The minimum Gasteiger partial charge on any atom is -0.388 e. The summed E-state index contributed by atoms with van der Waals surface area (Å²) in [5, 5.41) is 9.84. The van der Waals surface area contributed by atoms with Crippen LogP contribution in [0.1, 0.15) is 26.2 Å². The van der Waals surface area contributed by atoms with Crippen LogP contribution in [0.3, 0.4) is 0 Å². The average Bonchev–Trinajstić information content (AvgIpc) is 2.49. The number of aliphatic imine (C=N–C) groups is 1. The van der Waals surface area contributed by atoms with E-state index in [1.54, 1.807) is 6.92 Å². The molecule has 0 radical (unpaired) electrons. The first-order chi connectivity index (χ1) is 6.99. The van der Waals surface area contributed by atoms with Gasteiger partial charge in [0.05, 0.1) is 11.7 Å². The molecule has 1 heterocycles. The Balaban J connectivity index is 2.39. The zero-order chi connectivity index (χ0) is 11.4. The lowest BCUT2D eigenvalue weighted by Crippen LogP contribution is -2.40. The highest BCUT2D eigenvalue weighted by molar-refractivity contribution is 5.91. The zero-order valence-corrected chi connectivity index (χ0v) is 8.79. The monoisotopic (exact) mass is 211 g/mol. The van der Waals surface area contributed by atoms with E-state index in [0.29, 0.717) is 25.1 Å². The third kappa shape index (κ3) is 3.57. The van der Waals surface area contributed by atoms with Gasteiger partial charge in [-0.2, -0.15) is 0 Å². The highest BCUT2D eigenvalue weighted by Gasteiger charge is 2.23. The lowest BCUT2D eigenvalue weighted by molar-refractivity contribution is -0.122. The maximum absolute atomic E-state index is 11.6. The van der Waals surface area contributed by atoms with Gasteiger partial charge in [0.1, 0.15) is 6.04 Å². The van der Waals surface area contributed by atoms with Crippen LogP contribution in [0.4, 0.5) is 0 Å². The molecule has 0 aliphatic carbocycles. The molecule has 6 nitrogen and oxygen atoms in total. The number of amides is 1. The van der Waals surface area contributed by atoms with E-state index in [1.165, 1.54) is 0 Å². The van der Waals surface area contributed by atoms with Crippen molar-refractivity contribution >= 4 is 17.6 Å². The summed E-state index contributed by atoms with van der Waals surface area (Å²) in [6, 6.07) is -0.494. The number of hydrogen-bond acceptors (Lipinski definition) is 4. The number of carbonyl (C=O) groups is 1. The number of nitrogens with one attached hydrogen (secondary N) is 2. The Kier molecular flexibility index (Phi) is 3.65. The summed E-state index contributed by atoms with van der Waals surface area (Å²) in [4.78, 5) is 15.6. The number of amidine groups is 2. The maximum atomic E-state index is 11.6. The molecule has 0 saturated carbocycles. The molecule has 0 unspecified atom stereocenters. The van der Waals surface area contributed by atoms with Gasteiger partial charge >= 0.3 is 0 Å². The molecule has 0 aromatic rings. The molecule has 1 aliphatic heterocycles. The van der Waals surface area contributed by atoms with Crippen molar-refractivity contribution in [2.24, 2.45) is 16.5 Å². The van der Waals surface area contributed by atoms with Crippen LogP contribution in [0, 0.1) is 5.41 Å². The van der Waals surface area contributed by atoms with Crippen LogP contribution in [0.2, 0.25) is 0 Å². The molecule has 0 aromatic heterocycles. The summed E-state index contributed by atoms with van der Waals surface area (Å²) in [5.74, 6) is 0.468. The van der Waals surface area contributed by atoms with Gasteiger partial charge in [0.2, 0.25) is 5.91 Å². The summed E-state index contributed by atoms with van der Waals surface area (Å²) in [5.41, 5.74) is 10.7. The fourth-order valence-corrected chi connectivity index (χ4v) is 1.52. The summed E-state index contributed by atoms with van der Waals surface area (Å²) < 4.78 is 0. The Bertz CT molecular complexity index is 299. The zero-order valence-electron chi connectivity index (χ0n) is 8.79. The molecule has 1 aliphatic rings. The second-order valence-electron chi connectivity index (χ2n) is 3.81. The van der Waals surface area contributed by atoms with Gasteiger partial charge in [-0.15, -0.1) is 0 Å². The number of hydrogen-bond donors (Lipinski definition) is 4. The van der Waals surface area contributed by atoms with Crippen molar-refractivity contribution in [1.82, 2.24) is 5.32 Å². The Morgan fingerprint density at radius 2 is 2.47 bits per heavy atom. The standard InChI is InChI=1S/C9H17N5O/c1-5(4-7(10)11)13-9(15)6-2-3-8(12)14-6/h5-6H,2-4H2,1H3,(H3,10,11)(H2,12,14)(H,13,15)/t5-,6-/m0/s1. The molecule has 6 heteroatoms. The molecule has 0 bridgehead atoms. The van der Waals surface area contributed by atoms with Crippen molar-refractivity contribution in [3.05, 3.63) is 0 Å². The SMILES string of the molecule is C[C@@H](CC(=N)N)NC(=O)[C@@H]1CCC(N)=N1. The van der Waals surface area contributed by atoms with E-state index in [0.717, 1.165) is 0 Å². The van der Waals surface area contributed by atoms with Crippen molar-refractivity contribution in [2.45, 2.75) is 38.3 Å². The van der Waals surface area contributed by atoms with Gasteiger partial charge in [-0.25, -0.2) is 0 Å². The van der Waals surface area contributed by atoms with Crippen LogP contribution in [0.15, 0.2) is 4.99 Å². The van der Waals surface area contributed by atoms with Crippen LogP contribution in [-0.4, -0.2) is 29.7 Å². The highest BCUT2D eigenvalue weighted by Crippen LogP contribution is 2.11. The Morgan fingerprint density at radius 1 is 1.80 bits per heavy atom. The molecule has 1 rings (SSSR count). The number of rotatable bonds is 4. The van der Waals surface area contributed by atoms with Gasteiger partial charge in [-0.05, 0) is 13.3 Å².